The molecule has 4 nitrogen and oxygen atoms in total. The number of carbonyl (C=O) groups excluding carboxylic acids is 2. The van der Waals surface area contributed by atoms with Gasteiger partial charge < -0.3 is 10.2 Å². The summed E-state index contributed by atoms with van der Waals surface area (Å²) in [6.07, 6.45) is 2.03. The molecular formula is C26H28N2O2S. The number of nitrogens with zero attached hydrogens (tertiary/aromatic N) is 1. The number of amides is 2. The summed E-state index contributed by atoms with van der Waals surface area (Å²) in [5, 5.41) is 5.13. The van der Waals surface area contributed by atoms with Crippen molar-refractivity contribution in [1.29, 1.82) is 0 Å². The van der Waals surface area contributed by atoms with Crippen molar-refractivity contribution in [3.05, 3.63) is 83.2 Å². The van der Waals surface area contributed by atoms with Crippen LogP contribution in [0.5, 0.6) is 0 Å². The summed E-state index contributed by atoms with van der Waals surface area (Å²) < 4.78 is 0. The highest BCUT2D eigenvalue weighted by molar-refractivity contribution is 7.13. The molecule has 2 aromatic carbocycles. The Morgan fingerprint density at radius 1 is 0.968 bits per heavy atom. The topological polar surface area (TPSA) is 49.4 Å². The molecule has 0 bridgehead atoms. The van der Waals surface area contributed by atoms with Crippen LogP contribution in [0.2, 0.25) is 0 Å². The maximum absolute atomic E-state index is 13.1. The SMILES string of the molecule is CCNC(=O)C1(Cc2ccc(-c3cccs3)cc2)CCN(C(=O)c2ccccc2)CC1. The maximum Gasteiger partial charge on any atom is 0.253 e. The van der Waals surface area contributed by atoms with E-state index in [1.54, 1.807) is 11.3 Å². The normalized spacial score (nSPS) is 15.5. The lowest BCUT2D eigenvalue weighted by Gasteiger charge is -2.41. The van der Waals surface area contributed by atoms with E-state index in [-0.39, 0.29) is 11.8 Å². The first-order chi connectivity index (χ1) is 15.1. The second-order valence-electron chi connectivity index (χ2n) is 8.15. The zero-order valence-corrected chi connectivity index (χ0v) is 18.7. The molecule has 0 atom stereocenters. The first kappa shape index (κ1) is 21.3. The second-order valence-corrected chi connectivity index (χ2v) is 9.10. The van der Waals surface area contributed by atoms with Crippen molar-refractivity contribution in [2.45, 2.75) is 26.2 Å². The quantitative estimate of drug-likeness (QED) is 0.595. The summed E-state index contributed by atoms with van der Waals surface area (Å²) in [6, 6.07) is 22.1. The van der Waals surface area contributed by atoms with Gasteiger partial charge in [-0.15, -0.1) is 11.3 Å². The van der Waals surface area contributed by atoms with Crippen molar-refractivity contribution < 1.29 is 9.59 Å². The Balaban J connectivity index is 1.49. The predicted molar refractivity (Wildman–Crippen MR) is 126 cm³/mol. The van der Waals surface area contributed by atoms with Crippen molar-refractivity contribution in [2.75, 3.05) is 19.6 Å². The summed E-state index contributed by atoms with van der Waals surface area (Å²) in [5.74, 6) is 0.148. The van der Waals surface area contributed by atoms with Crippen molar-refractivity contribution in [3.8, 4) is 10.4 Å². The Labute approximate surface area is 187 Å². The van der Waals surface area contributed by atoms with Crippen LogP contribution in [-0.4, -0.2) is 36.3 Å². The fraction of sp³-hybridized carbons (Fsp3) is 0.308. The minimum Gasteiger partial charge on any atom is -0.356 e. The van der Waals surface area contributed by atoms with Crippen LogP contribution < -0.4 is 5.32 Å². The molecule has 5 heteroatoms. The van der Waals surface area contributed by atoms with E-state index < -0.39 is 5.41 Å². The first-order valence-electron chi connectivity index (χ1n) is 10.9. The molecular weight excluding hydrogens is 404 g/mol. The molecule has 1 aliphatic heterocycles. The number of hydrogen-bond donors (Lipinski definition) is 1. The van der Waals surface area contributed by atoms with E-state index in [4.69, 9.17) is 0 Å². The van der Waals surface area contributed by atoms with Gasteiger partial charge >= 0.3 is 0 Å². The van der Waals surface area contributed by atoms with Crippen LogP contribution in [0.1, 0.15) is 35.7 Å². The highest BCUT2D eigenvalue weighted by Crippen LogP contribution is 2.37. The van der Waals surface area contributed by atoms with Gasteiger partial charge in [0.15, 0.2) is 0 Å². The third-order valence-electron chi connectivity index (χ3n) is 6.15. The van der Waals surface area contributed by atoms with E-state index >= 15 is 0 Å². The van der Waals surface area contributed by atoms with E-state index in [2.05, 4.69) is 47.1 Å². The number of rotatable bonds is 6. The van der Waals surface area contributed by atoms with Gasteiger partial charge in [-0.2, -0.15) is 0 Å². The van der Waals surface area contributed by atoms with E-state index in [1.807, 2.05) is 42.2 Å². The van der Waals surface area contributed by atoms with Gasteiger partial charge in [0.2, 0.25) is 5.91 Å². The minimum atomic E-state index is -0.478. The molecule has 2 heterocycles. The highest BCUT2D eigenvalue weighted by Gasteiger charge is 2.42. The number of hydrogen-bond acceptors (Lipinski definition) is 3. The van der Waals surface area contributed by atoms with E-state index in [9.17, 15) is 9.59 Å². The maximum atomic E-state index is 13.1. The summed E-state index contributed by atoms with van der Waals surface area (Å²) in [5.41, 5.74) is 2.59. The predicted octanol–water partition coefficient (Wildman–Crippen LogP) is 5.02. The van der Waals surface area contributed by atoms with Gasteiger partial charge in [-0.3, -0.25) is 9.59 Å². The van der Waals surface area contributed by atoms with Crippen LogP contribution in [0, 0.1) is 5.41 Å². The van der Waals surface area contributed by atoms with Gasteiger partial charge in [0.1, 0.15) is 0 Å². The van der Waals surface area contributed by atoms with Crippen LogP contribution in [0.3, 0.4) is 0 Å². The Kier molecular flexibility index (Phi) is 6.52. The molecule has 0 aliphatic carbocycles. The smallest absolute Gasteiger partial charge is 0.253 e. The van der Waals surface area contributed by atoms with Gasteiger partial charge in [0.05, 0.1) is 5.41 Å². The molecule has 0 spiro atoms. The molecule has 31 heavy (non-hydrogen) atoms. The van der Waals surface area contributed by atoms with E-state index in [1.165, 1.54) is 10.4 Å². The Bertz CT molecular complexity index is 1010. The van der Waals surface area contributed by atoms with Crippen molar-refractivity contribution >= 4 is 23.2 Å². The van der Waals surface area contributed by atoms with Gasteiger partial charge in [0.25, 0.3) is 5.91 Å². The van der Waals surface area contributed by atoms with E-state index in [0.717, 1.165) is 5.56 Å². The largest absolute Gasteiger partial charge is 0.356 e. The fourth-order valence-corrected chi connectivity index (χ4v) is 5.09. The van der Waals surface area contributed by atoms with Crippen LogP contribution >= 0.6 is 11.3 Å². The monoisotopic (exact) mass is 432 g/mol. The third-order valence-corrected chi connectivity index (χ3v) is 7.07. The highest BCUT2D eigenvalue weighted by atomic mass is 32.1. The lowest BCUT2D eigenvalue weighted by molar-refractivity contribution is -0.133. The van der Waals surface area contributed by atoms with Crippen molar-refractivity contribution in [3.63, 3.8) is 0 Å². The molecule has 4 rings (SSSR count). The number of thiophene rings is 1. The molecule has 1 N–H and O–H groups in total. The van der Waals surface area contributed by atoms with Gasteiger partial charge in [-0.25, -0.2) is 0 Å². The number of likely N-dealkylation sites (tertiary alicyclic amines) is 1. The molecule has 2 amide bonds. The lowest BCUT2D eigenvalue weighted by Crippen LogP contribution is -2.51. The van der Waals surface area contributed by atoms with Crippen molar-refractivity contribution in [1.82, 2.24) is 10.2 Å². The molecule has 0 radical (unpaired) electrons. The molecule has 3 aromatic rings. The molecule has 0 unspecified atom stereocenters. The first-order valence-corrected chi connectivity index (χ1v) is 11.7. The van der Waals surface area contributed by atoms with Crippen molar-refractivity contribution in [2.24, 2.45) is 5.41 Å². The van der Waals surface area contributed by atoms with Crippen LogP contribution in [0.25, 0.3) is 10.4 Å². The second kappa shape index (κ2) is 9.48. The number of carbonyl (C=O) groups is 2. The molecule has 1 aromatic heterocycles. The zero-order chi connectivity index (χ0) is 21.7. The standard InChI is InChI=1S/C26H28N2O2S/c1-2-27-25(30)26(19-20-10-12-21(13-11-20)23-9-6-18-31-23)14-16-28(17-15-26)24(29)22-7-4-3-5-8-22/h3-13,18H,2,14-17,19H2,1H3,(H,27,30). The van der Waals surface area contributed by atoms with Crippen LogP contribution in [0.15, 0.2) is 72.1 Å². The Hall–Kier alpha value is -2.92. The average molecular weight is 433 g/mol. The fourth-order valence-electron chi connectivity index (χ4n) is 4.35. The minimum absolute atomic E-state index is 0.0467. The molecule has 160 valence electrons. The lowest BCUT2D eigenvalue weighted by atomic mass is 9.72. The van der Waals surface area contributed by atoms with Gasteiger partial charge in [0, 0.05) is 30.1 Å². The summed E-state index contributed by atoms with van der Waals surface area (Å²) in [7, 11) is 0. The summed E-state index contributed by atoms with van der Waals surface area (Å²) in [6.45, 7) is 3.76. The third kappa shape index (κ3) is 4.72. The molecule has 0 saturated carbocycles. The number of piperidine rings is 1. The van der Waals surface area contributed by atoms with Crippen LogP contribution in [-0.2, 0) is 11.2 Å². The van der Waals surface area contributed by atoms with Crippen LogP contribution in [0.4, 0.5) is 0 Å². The Morgan fingerprint density at radius 2 is 1.68 bits per heavy atom. The van der Waals surface area contributed by atoms with Gasteiger partial charge in [-0.05, 0) is 60.9 Å². The summed E-state index contributed by atoms with van der Waals surface area (Å²) >= 11 is 1.73. The van der Waals surface area contributed by atoms with Gasteiger partial charge in [-0.1, -0.05) is 48.5 Å². The number of benzene rings is 2. The number of nitrogens with one attached hydrogen (secondary N) is 1. The molecule has 1 saturated heterocycles. The molecule has 1 aliphatic rings. The summed E-state index contributed by atoms with van der Waals surface area (Å²) in [4.78, 5) is 29.1. The zero-order valence-electron chi connectivity index (χ0n) is 17.8. The Morgan fingerprint density at radius 3 is 2.29 bits per heavy atom. The molecule has 1 fully saturated rings. The average Bonchev–Trinajstić information content (AvgIpc) is 3.35. The van der Waals surface area contributed by atoms with E-state index in [0.29, 0.717) is 44.5 Å².